The van der Waals surface area contributed by atoms with Crippen LogP contribution in [0.15, 0.2) is 29.3 Å². The summed E-state index contributed by atoms with van der Waals surface area (Å²) in [5.74, 6) is 1.26. The van der Waals surface area contributed by atoms with Crippen LogP contribution in [0.4, 0.5) is 0 Å². The summed E-state index contributed by atoms with van der Waals surface area (Å²) in [6.07, 6.45) is 0. The largest absolute Gasteiger partial charge is 0.383 e. The van der Waals surface area contributed by atoms with E-state index in [2.05, 4.69) is 60.7 Å². The number of nitrogens with zero attached hydrogens (tertiary/aromatic N) is 1. The summed E-state index contributed by atoms with van der Waals surface area (Å²) in [6, 6.07) is 8.66. The maximum Gasteiger partial charge on any atom is 0.191 e. The van der Waals surface area contributed by atoms with Crippen molar-refractivity contribution in [2.45, 2.75) is 26.7 Å². The summed E-state index contributed by atoms with van der Waals surface area (Å²) in [6.45, 7) is 9.45. The molecule has 0 spiro atoms. The Kier molecular flexibility index (Phi) is 11.3. The molecule has 2 N–H and O–H groups in total. The normalized spacial score (nSPS) is 12.5. The van der Waals surface area contributed by atoms with E-state index in [1.807, 2.05) is 0 Å². The Morgan fingerprint density at radius 3 is 2.48 bits per heavy atom. The van der Waals surface area contributed by atoms with Crippen molar-refractivity contribution in [1.82, 2.24) is 10.6 Å². The van der Waals surface area contributed by atoms with Crippen LogP contribution in [0.2, 0.25) is 0 Å². The third-order valence-corrected chi connectivity index (χ3v) is 3.11. The number of aryl methyl sites for hydroxylation is 1. The average molecular weight is 405 g/mol. The summed E-state index contributed by atoms with van der Waals surface area (Å²) in [5.41, 5.74) is 2.62. The Hall–Kier alpha value is -0.820. The van der Waals surface area contributed by atoms with Gasteiger partial charge in [-0.1, -0.05) is 36.8 Å². The molecule has 1 aromatic carbocycles. The molecule has 21 heavy (non-hydrogen) atoms. The molecule has 0 saturated heterocycles. The van der Waals surface area contributed by atoms with E-state index in [1.54, 1.807) is 7.11 Å². The van der Waals surface area contributed by atoms with Crippen molar-refractivity contribution in [3.05, 3.63) is 35.4 Å². The second-order valence-electron chi connectivity index (χ2n) is 4.95. The van der Waals surface area contributed by atoms with Gasteiger partial charge in [-0.05, 0) is 19.4 Å². The van der Waals surface area contributed by atoms with Crippen molar-refractivity contribution in [2.24, 2.45) is 4.99 Å². The fraction of sp³-hybridized carbons (Fsp3) is 0.562. The predicted molar refractivity (Wildman–Crippen MR) is 101 cm³/mol. The minimum absolute atomic E-state index is 0. The molecule has 1 atom stereocenters. The quantitative estimate of drug-likeness (QED) is 0.317. The lowest BCUT2D eigenvalue weighted by molar-refractivity contribution is 0.203. The number of aliphatic imine (C=N–C) groups is 1. The summed E-state index contributed by atoms with van der Waals surface area (Å²) < 4.78 is 5.03. The first-order valence-corrected chi connectivity index (χ1v) is 7.25. The minimum atomic E-state index is 0. The first-order valence-electron chi connectivity index (χ1n) is 7.25. The molecular weight excluding hydrogens is 377 g/mol. The zero-order valence-electron chi connectivity index (χ0n) is 13.5. The van der Waals surface area contributed by atoms with Crippen LogP contribution in [-0.2, 0) is 4.74 Å². The van der Waals surface area contributed by atoms with Gasteiger partial charge in [-0.25, -0.2) is 0 Å². The molecule has 0 aliphatic rings. The van der Waals surface area contributed by atoms with Crippen LogP contribution >= 0.6 is 24.0 Å². The molecule has 0 amide bonds. The molecule has 4 nitrogen and oxygen atoms in total. The highest BCUT2D eigenvalue weighted by atomic mass is 127. The second-order valence-corrected chi connectivity index (χ2v) is 4.95. The van der Waals surface area contributed by atoms with Gasteiger partial charge in [0.15, 0.2) is 5.96 Å². The molecule has 0 radical (unpaired) electrons. The van der Waals surface area contributed by atoms with Gasteiger partial charge in [0.25, 0.3) is 0 Å². The number of ether oxygens (including phenoxy) is 1. The highest BCUT2D eigenvalue weighted by Crippen LogP contribution is 2.15. The number of benzene rings is 1. The van der Waals surface area contributed by atoms with E-state index < -0.39 is 0 Å². The molecule has 1 rings (SSSR count). The molecule has 0 fully saturated rings. The van der Waals surface area contributed by atoms with E-state index in [1.165, 1.54) is 11.1 Å². The van der Waals surface area contributed by atoms with Crippen LogP contribution in [0.1, 0.15) is 30.9 Å². The van der Waals surface area contributed by atoms with Crippen molar-refractivity contribution in [2.75, 3.05) is 33.4 Å². The molecule has 5 heteroatoms. The summed E-state index contributed by atoms with van der Waals surface area (Å²) in [4.78, 5) is 4.62. The monoisotopic (exact) mass is 405 g/mol. The van der Waals surface area contributed by atoms with Crippen LogP contribution in [-0.4, -0.2) is 39.3 Å². The molecule has 1 unspecified atom stereocenters. The lowest BCUT2D eigenvalue weighted by Gasteiger charge is -2.13. The molecule has 120 valence electrons. The van der Waals surface area contributed by atoms with Crippen LogP contribution in [0.5, 0.6) is 0 Å². The number of halogens is 1. The van der Waals surface area contributed by atoms with Crippen LogP contribution in [0, 0.1) is 6.92 Å². The minimum Gasteiger partial charge on any atom is -0.383 e. The number of hydrogen-bond donors (Lipinski definition) is 2. The Morgan fingerprint density at radius 2 is 1.90 bits per heavy atom. The molecular formula is C16H28IN3O. The predicted octanol–water partition coefficient (Wildman–Crippen LogP) is 2.92. The highest BCUT2D eigenvalue weighted by Gasteiger charge is 2.05. The summed E-state index contributed by atoms with van der Waals surface area (Å²) in [5, 5.41) is 6.49. The lowest BCUT2D eigenvalue weighted by atomic mass is 10.0. The van der Waals surface area contributed by atoms with Crippen LogP contribution < -0.4 is 10.6 Å². The molecule has 0 aromatic heterocycles. The van der Waals surface area contributed by atoms with Gasteiger partial charge in [-0.2, -0.15) is 0 Å². The Bertz CT molecular complexity index is 406. The topological polar surface area (TPSA) is 45.7 Å². The zero-order chi connectivity index (χ0) is 14.8. The van der Waals surface area contributed by atoms with E-state index in [0.29, 0.717) is 12.5 Å². The van der Waals surface area contributed by atoms with E-state index in [0.717, 1.165) is 25.6 Å². The van der Waals surface area contributed by atoms with Gasteiger partial charge in [-0.3, -0.25) is 4.99 Å². The van der Waals surface area contributed by atoms with Crippen LogP contribution in [0.3, 0.4) is 0 Å². The smallest absolute Gasteiger partial charge is 0.191 e. The standard InChI is InChI=1S/C16H27N3O.HI/c1-5-17-16(18-10-11-20-4)19-12-14(3)15-8-6-13(2)7-9-15;/h6-9,14H,5,10-12H2,1-4H3,(H2,17,18,19);1H. The van der Waals surface area contributed by atoms with Gasteiger partial charge in [0.05, 0.1) is 6.61 Å². The van der Waals surface area contributed by atoms with E-state index >= 15 is 0 Å². The van der Waals surface area contributed by atoms with Crippen molar-refractivity contribution in [3.63, 3.8) is 0 Å². The van der Waals surface area contributed by atoms with Gasteiger partial charge >= 0.3 is 0 Å². The maximum atomic E-state index is 5.03. The Labute approximate surface area is 145 Å². The molecule has 0 saturated carbocycles. The fourth-order valence-corrected chi connectivity index (χ4v) is 1.84. The van der Waals surface area contributed by atoms with Gasteiger partial charge < -0.3 is 15.4 Å². The fourth-order valence-electron chi connectivity index (χ4n) is 1.84. The van der Waals surface area contributed by atoms with E-state index in [9.17, 15) is 0 Å². The first-order chi connectivity index (χ1) is 9.67. The third kappa shape index (κ3) is 8.26. The summed E-state index contributed by atoms with van der Waals surface area (Å²) >= 11 is 0. The van der Waals surface area contributed by atoms with E-state index in [4.69, 9.17) is 4.74 Å². The number of nitrogens with one attached hydrogen (secondary N) is 2. The maximum absolute atomic E-state index is 5.03. The molecule has 1 aromatic rings. The van der Waals surface area contributed by atoms with Crippen molar-refractivity contribution in [3.8, 4) is 0 Å². The van der Waals surface area contributed by atoms with Crippen molar-refractivity contribution >= 4 is 29.9 Å². The van der Waals surface area contributed by atoms with Gasteiger partial charge in [0.1, 0.15) is 0 Å². The zero-order valence-corrected chi connectivity index (χ0v) is 15.8. The number of rotatable bonds is 7. The number of hydrogen-bond acceptors (Lipinski definition) is 2. The van der Waals surface area contributed by atoms with Crippen molar-refractivity contribution in [1.29, 1.82) is 0 Å². The third-order valence-electron chi connectivity index (χ3n) is 3.11. The van der Waals surface area contributed by atoms with Gasteiger partial charge in [0.2, 0.25) is 0 Å². The SMILES string of the molecule is CCNC(=NCC(C)c1ccc(C)cc1)NCCOC.I. The molecule has 0 bridgehead atoms. The van der Waals surface area contributed by atoms with Gasteiger partial charge in [0, 0.05) is 32.7 Å². The second kappa shape index (κ2) is 11.8. The first kappa shape index (κ1) is 20.2. The van der Waals surface area contributed by atoms with Gasteiger partial charge in [-0.15, -0.1) is 24.0 Å². The van der Waals surface area contributed by atoms with Crippen LogP contribution in [0.25, 0.3) is 0 Å². The molecule has 0 heterocycles. The number of methoxy groups -OCH3 is 1. The molecule has 0 aliphatic heterocycles. The van der Waals surface area contributed by atoms with E-state index in [-0.39, 0.29) is 24.0 Å². The Morgan fingerprint density at radius 1 is 1.24 bits per heavy atom. The average Bonchev–Trinajstić information content (AvgIpc) is 2.45. The van der Waals surface area contributed by atoms with Crippen molar-refractivity contribution < 1.29 is 4.74 Å². The highest BCUT2D eigenvalue weighted by molar-refractivity contribution is 14.0. The Balaban J connectivity index is 0.00000400. The summed E-state index contributed by atoms with van der Waals surface area (Å²) in [7, 11) is 1.70. The number of guanidine groups is 1. The molecule has 0 aliphatic carbocycles. The lowest BCUT2D eigenvalue weighted by Crippen LogP contribution is -2.39.